The third-order valence-electron chi connectivity index (χ3n) is 1.08. The molecule has 0 unspecified atom stereocenters. The van der Waals surface area contributed by atoms with Gasteiger partial charge in [-0.1, -0.05) is 24.8 Å². The van der Waals surface area contributed by atoms with Crippen molar-refractivity contribution < 1.29 is 0 Å². The van der Waals surface area contributed by atoms with Gasteiger partial charge in [-0.05, 0) is 13.0 Å². The first-order chi connectivity index (χ1) is 5.81. The van der Waals surface area contributed by atoms with Gasteiger partial charge in [-0.15, -0.1) is 0 Å². The molecule has 0 saturated carbocycles. The van der Waals surface area contributed by atoms with Gasteiger partial charge in [-0.25, -0.2) is 0 Å². The first-order valence-electron chi connectivity index (χ1n) is 3.72. The molecule has 0 rings (SSSR count). The zero-order valence-corrected chi connectivity index (χ0v) is 7.57. The van der Waals surface area contributed by atoms with E-state index in [1.54, 1.807) is 25.6 Å². The predicted octanol–water partition coefficient (Wildman–Crippen LogP) is 2.40. The highest BCUT2D eigenvalue weighted by Gasteiger charge is 1.75. The largest absolute Gasteiger partial charge is 0.295 e. The number of rotatable bonds is 4. The molecule has 0 aromatic rings. The van der Waals surface area contributed by atoms with E-state index in [2.05, 4.69) is 16.6 Å². The minimum atomic E-state index is 0.938. The average Bonchev–Trinajstić information content (AvgIpc) is 2.06. The van der Waals surface area contributed by atoms with Crippen molar-refractivity contribution in [2.75, 3.05) is 7.05 Å². The molecule has 2 heteroatoms. The van der Waals surface area contributed by atoms with Crippen molar-refractivity contribution in [3.8, 4) is 0 Å². The summed E-state index contributed by atoms with van der Waals surface area (Å²) in [6.45, 7) is 5.48. The smallest absolute Gasteiger partial charge is 0.0449 e. The van der Waals surface area contributed by atoms with Crippen molar-refractivity contribution in [1.29, 1.82) is 0 Å². The van der Waals surface area contributed by atoms with Crippen molar-refractivity contribution in [2.45, 2.75) is 6.92 Å². The number of aliphatic imine (C=N–C) groups is 2. The molecule has 0 fully saturated rings. The molecule has 0 heterocycles. The fourth-order valence-electron chi connectivity index (χ4n) is 0.534. The number of nitrogens with zero attached hydrogens (tertiary/aromatic N) is 2. The Bertz CT molecular complexity index is 232. The molecule has 0 aromatic carbocycles. The van der Waals surface area contributed by atoms with Crippen molar-refractivity contribution in [2.24, 2.45) is 9.98 Å². The molecule has 0 N–H and O–H groups in total. The number of hydrogen-bond donors (Lipinski definition) is 0. The highest BCUT2D eigenvalue weighted by Crippen LogP contribution is 1.92. The third-order valence-corrected chi connectivity index (χ3v) is 1.08. The summed E-state index contributed by atoms with van der Waals surface area (Å²) in [7, 11) is 1.71. The van der Waals surface area contributed by atoms with Crippen molar-refractivity contribution in [3.05, 3.63) is 36.6 Å². The summed E-state index contributed by atoms with van der Waals surface area (Å²) in [5, 5.41) is 0. The van der Waals surface area contributed by atoms with E-state index in [0.29, 0.717) is 0 Å². The van der Waals surface area contributed by atoms with Crippen LogP contribution in [0.4, 0.5) is 0 Å². The van der Waals surface area contributed by atoms with E-state index in [1.165, 1.54) is 0 Å². The standard InChI is InChI=1S/C10H14N2/c1-4-5-6-7-10(2)12-9-8-11-3/h4-9H,1H2,2-3H3/b6-5-,10-7+,11-8-,12-9-. The van der Waals surface area contributed by atoms with Gasteiger partial charge >= 0.3 is 0 Å². The zero-order valence-electron chi connectivity index (χ0n) is 7.57. The normalized spacial score (nSPS) is 13.7. The maximum atomic E-state index is 4.09. The average molecular weight is 162 g/mol. The molecule has 64 valence electrons. The summed E-state index contributed by atoms with van der Waals surface area (Å²) in [5.41, 5.74) is 0.938. The highest BCUT2D eigenvalue weighted by molar-refractivity contribution is 6.16. The predicted molar refractivity (Wildman–Crippen MR) is 56.0 cm³/mol. The topological polar surface area (TPSA) is 24.7 Å². The minimum absolute atomic E-state index is 0.938. The Kier molecular flexibility index (Phi) is 6.74. The molecule has 0 spiro atoms. The Hall–Kier alpha value is -1.44. The summed E-state index contributed by atoms with van der Waals surface area (Å²) < 4.78 is 0. The van der Waals surface area contributed by atoms with Crippen LogP contribution in [0.15, 0.2) is 46.6 Å². The van der Waals surface area contributed by atoms with Crippen molar-refractivity contribution >= 4 is 12.4 Å². The lowest BCUT2D eigenvalue weighted by atomic mass is 10.4. The van der Waals surface area contributed by atoms with E-state index < -0.39 is 0 Å². The van der Waals surface area contributed by atoms with E-state index in [0.717, 1.165) is 5.70 Å². The Morgan fingerprint density at radius 2 is 2.00 bits per heavy atom. The van der Waals surface area contributed by atoms with E-state index >= 15 is 0 Å². The fourth-order valence-corrected chi connectivity index (χ4v) is 0.534. The van der Waals surface area contributed by atoms with Crippen LogP contribution >= 0.6 is 0 Å². The van der Waals surface area contributed by atoms with Crippen LogP contribution in [0.1, 0.15) is 6.92 Å². The Labute approximate surface area is 73.7 Å². The van der Waals surface area contributed by atoms with E-state index in [1.807, 2.05) is 25.2 Å². The minimum Gasteiger partial charge on any atom is -0.295 e. The molecule has 12 heavy (non-hydrogen) atoms. The SMILES string of the molecule is C=C\C=C/C=C(C)/N=C\C=N/C. The molecule has 2 nitrogen and oxygen atoms in total. The molecule has 0 bridgehead atoms. The first kappa shape index (κ1) is 10.6. The van der Waals surface area contributed by atoms with Crippen LogP contribution in [0.2, 0.25) is 0 Å². The Morgan fingerprint density at radius 3 is 2.58 bits per heavy atom. The number of hydrogen-bond acceptors (Lipinski definition) is 2. The monoisotopic (exact) mass is 162 g/mol. The highest BCUT2D eigenvalue weighted by atomic mass is 14.7. The van der Waals surface area contributed by atoms with Gasteiger partial charge in [0.2, 0.25) is 0 Å². The van der Waals surface area contributed by atoms with Crippen molar-refractivity contribution in [3.63, 3.8) is 0 Å². The lowest BCUT2D eigenvalue weighted by molar-refractivity contribution is 1.32. The molecule has 0 radical (unpaired) electrons. The van der Waals surface area contributed by atoms with Crippen LogP contribution in [0.5, 0.6) is 0 Å². The molecular weight excluding hydrogens is 148 g/mol. The van der Waals surface area contributed by atoms with Gasteiger partial charge in [0.05, 0.1) is 0 Å². The van der Waals surface area contributed by atoms with E-state index in [4.69, 9.17) is 0 Å². The van der Waals surface area contributed by atoms with Crippen LogP contribution in [0.3, 0.4) is 0 Å². The molecule has 0 atom stereocenters. The van der Waals surface area contributed by atoms with Gasteiger partial charge in [0.15, 0.2) is 0 Å². The van der Waals surface area contributed by atoms with Crippen LogP contribution in [0, 0.1) is 0 Å². The molecule has 0 aliphatic carbocycles. The second-order valence-corrected chi connectivity index (χ2v) is 2.11. The maximum absolute atomic E-state index is 4.09. The van der Waals surface area contributed by atoms with Crippen LogP contribution in [-0.4, -0.2) is 19.5 Å². The summed E-state index contributed by atoms with van der Waals surface area (Å²) >= 11 is 0. The maximum Gasteiger partial charge on any atom is 0.0449 e. The van der Waals surface area contributed by atoms with Crippen LogP contribution in [-0.2, 0) is 0 Å². The zero-order chi connectivity index (χ0) is 9.23. The van der Waals surface area contributed by atoms with Gasteiger partial charge in [0, 0.05) is 25.2 Å². The summed E-state index contributed by atoms with van der Waals surface area (Å²) in [4.78, 5) is 7.86. The molecule has 0 aliphatic heterocycles. The Morgan fingerprint density at radius 1 is 1.25 bits per heavy atom. The lowest BCUT2D eigenvalue weighted by Crippen LogP contribution is -1.75. The summed E-state index contributed by atoms with van der Waals surface area (Å²) in [6.07, 6.45) is 10.7. The van der Waals surface area contributed by atoms with E-state index in [9.17, 15) is 0 Å². The third kappa shape index (κ3) is 6.68. The molecule has 0 amide bonds. The second kappa shape index (κ2) is 7.66. The lowest BCUT2D eigenvalue weighted by Gasteiger charge is -1.85. The van der Waals surface area contributed by atoms with Gasteiger partial charge in [0.1, 0.15) is 0 Å². The van der Waals surface area contributed by atoms with E-state index in [-0.39, 0.29) is 0 Å². The quantitative estimate of drug-likeness (QED) is 0.448. The molecule has 0 aromatic heterocycles. The van der Waals surface area contributed by atoms with Gasteiger partial charge < -0.3 is 0 Å². The van der Waals surface area contributed by atoms with Gasteiger partial charge in [-0.3, -0.25) is 9.98 Å². The van der Waals surface area contributed by atoms with Crippen LogP contribution in [0.25, 0.3) is 0 Å². The molecule has 0 saturated heterocycles. The van der Waals surface area contributed by atoms with Gasteiger partial charge in [0.25, 0.3) is 0 Å². The fraction of sp³-hybridized carbons (Fsp3) is 0.200. The molecule has 0 aliphatic rings. The van der Waals surface area contributed by atoms with Crippen molar-refractivity contribution in [1.82, 2.24) is 0 Å². The van der Waals surface area contributed by atoms with Gasteiger partial charge in [-0.2, -0.15) is 0 Å². The van der Waals surface area contributed by atoms with Crippen LogP contribution < -0.4 is 0 Å². The Balaban J connectivity index is 4.01. The number of allylic oxidation sites excluding steroid dienone is 5. The second-order valence-electron chi connectivity index (χ2n) is 2.11. The first-order valence-corrected chi connectivity index (χ1v) is 3.72. The summed E-state index contributed by atoms with van der Waals surface area (Å²) in [5.74, 6) is 0. The molecular formula is C10H14N2. The summed E-state index contributed by atoms with van der Waals surface area (Å²) in [6, 6.07) is 0.